The second-order valence-corrected chi connectivity index (χ2v) is 7.96. The van der Waals surface area contributed by atoms with E-state index in [9.17, 15) is 4.79 Å². The molecule has 1 saturated heterocycles. The topological polar surface area (TPSA) is 54.5 Å². The first-order valence-electron chi connectivity index (χ1n) is 9.77. The van der Waals surface area contributed by atoms with Gasteiger partial charge in [0.05, 0.1) is 22.5 Å². The van der Waals surface area contributed by atoms with Gasteiger partial charge in [0, 0.05) is 26.1 Å². The molecule has 0 spiro atoms. The van der Waals surface area contributed by atoms with Crippen LogP contribution in [0.3, 0.4) is 0 Å². The summed E-state index contributed by atoms with van der Waals surface area (Å²) in [6, 6.07) is 3.98. The Morgan fingerprint density at radius 1 is 1.23 bits per heavy atom. The number of carbonyl (C=O) groups excluding carboxylic acids is 1. The first-order chi connectivity index (χ1) is 12.7. The molecule has 1 aromatic carbocycles. The predicted octanol–water partition coefficient (Wildman–Crippen LogP) is 5.20. The van der Waals surface area contributed by atoms with Crippen LogP contribution in [-0.2, 0) is 4.79 Å². The summed E-state index contributed by atoms with van der Waals surface area (Å²) in [6.07, 6.45) is 8.42. The number of hydrogen-bond acceptors (Lipinski definition) is 5. The number of amides is 1. The molecule has 0 aliphatic carbocycles. The van der Waals surface area contributed by atoms with Crippen LogP contribution in [0, 0.1) is 0 Å². The zero-order valence-corrected chi connectivity index (χ0v) is 16.7. The van der Waals surface area contributed by atoms with Crippen LogP contribution >= 0.6 is 11.3 Å². The Morgan fingerprint density at radius 2 is 2.04 bits per heavy atom. The molecule has 6 heteroatoms. The summed E-state index contributed by atoms with van der Waals surface area (Å²) in [6.45, 7) is 6.56. The Bertz CT molecular complexity index is 738. The molecule has 0 bridgehead atoms. The minimum atomic E-state index is -0.0825. The fourth-order valence-electron chi connectivity index (χ4n) is 3.28. The second-order valence-electron chi connectivity index (χ2n) is 6.95. The molecule has 1 aliphatic heterocycles. The van der Waals surface area contributed by atoms with E-state index in [1.807, 2.05) is 12.1 Å². The highest BCUT2D eigenvalue weighted by atomic mass is 32.1. The van der Waals surface area contributed by atoms with E-state index in [-0.39, 0.29) is 5.91 Å². The van der Waals surface area contributed by atoms with Crippen molar-refractivity contribution in [1.82, 2.24) is 4.98 Å². The lowest BCUT2D eigenvalue weighted by Crippen LogP contribution is -2.29. The van der Waals surface area contributed by atoms with Gasteiger partial charge >= 0.3 is 0 Å². The van der Waals surface area contributed by atoms with Crippen LogP contribution in [0.2, 0.25) is 0 Å². The van der Waals surface area contributed by atoms with Gasteiger partial charge in [-0.2, -0.15) is 0 Å². The molecule has 5 nitrogen and oxygen atoms in total. The number of fused-ring (bicyclic) bond motifs is 1. The van der Waals surface area contributed by atoms with Crippen LogP contribution in [-0.4, -0.2) is 30.6 Å². The van der Waals surface area contributed by atoms with Gasteiger partial charge in [-0.05, 0) is 31.7 Å². The van der Waals surface area contributed by atoms with Gasteiger partial charge in [-0.25, -0.2) is 4.98 Å². The largest absolute Gasteiger partial charge is 0.491 e. The van der Waals surface area contributed by atoms with Gasteiger partial charge < -0.3 is 15.0 Å². The molecule has 0 saturated carbocycles. The van der Waals surface area contributed by atoms with E-state index in [2.05, 4.69) is 17.1 Å². The average molecular weight is 376 g/mol. The predicted molar refractivity (Wildman–Crippen MR) is 110 cm³/mol. The highest BCUT2D eigenvalue weighted by molar-refractivity contribution is 7.22. The number of ether oxygens (including phenoxy) is 1. The minimum absolute atomic E-state index is 0.0825. The number of aromatic nitrogens is 1. The molecule has 1 aromatic heterocycles. The number of nitrogens with one attached hydrogen (secondary N) is 1. The van der Waals surface area contributed by atoms with Crippen LogP contribution in [0.5, 0.6) is 5.75 Å². The van der Waals surface area contributed by atoms with Gasteiger partial charge in [0.15, 0.2) is 5.13 Å². The first-order valence-corrected chi connectivity index (χ1v) is 10.6. The van der Waals surface area contributed by atoms with E-state index in [4.69, 9.17) is 9.72 Å². The molecule has 1 fully saturated rings. The molecule has 26 heavy (non-hydrogen) atoms. The van der Waals surface area contributed by atoms with Gasteiger partial charge in [-0.15, -0.1) is 0 Å². The van der Waals surface area contributed by atoms with E-state index in [1.165, 1.54) is 45.4 Å². The molecule has 0 unspecified atom stereocenters. The summed E-state index contributed by atoms with van der Waals surface area (Å²) >= 11 is 1.70. The monoisotopic (exact) mass is 375 g/mol. The summed E-state index contributed by atoms with van der Waals surface area (Å²) in [5, 5.41) is 3.99. The van der Waals surface area contributed by atoms with Gasteiger partial charge in [-0.1, -0.05) is 37.5 Å². The molecule has 0 atom stereocenters. The first kappa shape index (κ1) is 19.0. The standard InChI is InChI=1S/C20H29N3O2S/c1-3-4-5-9-12-25-18-13-17-19(14-16(18)21-15(2)24)26-20(22-17)23-10-7-6-8-11-23/h13-14H,3-12H2,1-2H3,(H,21,24). The maximum Gasteiger partial charge on any atom is 0.221 e. The number of benzene rings is 1. The maximum absolute atomic E-state index is 11.6. The third-order valence-corrected chi connectivity index (χ3v) is 5.75. The molecule has 3 rings (SSSR count). The van der Waals surface area contributed by atoms with Crippen molar-refractivity contribution in [2.45, 2.75) is 58.8 Å². The SMILES string of the molecule is CCCCCCOc1cc2nc(N3CCCCC3)sc2cc1NC(C)=O. The zero-order valence-electron chi connectivity index (χ0n) is 15.8. The van der Waals surface area contributed by atoms with Crippen molar-refractivity contribution in [3.8, 4) is 5.75 Å². The summed E-state index contributed by atoms with van der Waals surface area (Å²) in [5.41, 5.74) is 1.70. The minimum Gasteiger partial charge on any atom is -0.491 e. The summed E-state index contributed by atoms with van der Waals surface area (Å²) < 4.78 is 7.07. The number of hydrogen-bond donors (Lipinski definition) is 1. The van der Waals surface area contributed by atoms with Crippen LogP contribution in [0.25, 0.3) is 10.2 Å². The molecular weight excluding hydrogens is 346 g/mol. The number of anilines is 2. The number of thiazole rings is 1. The van der Waals surface area contributed by atoms with E-state index >= 15 is 0 Å². The fourth-order valence-corrected chi connectivity index (χ4v) is 4.32. The van der Waals surface area contributed by atoms with Crippen LogP contribution in [0.1, 0.15) is 58.8 Å². The molecule has 2 aromatic rings. The number of carbonyl (C=O) groups is 1. The van der Waals surface area contributed by atoms with Crippen molar-refractivity contribution in [2.75, 3.05) is 29.9 Å². The Hall–Kier alpha value is -1.82. The summed E-state index contributed by atoms with van der Waals surface area (Å²) in [7, 11) is 0. The van der Waals surface area contributed by atoms with Crippen molar-refractivity contribution < 1.29 is 9.53 Å². The zero-order chi connectivity index (χ0) is 18.4. The number of rotatable bonds is 8. The van der Waals surface area contributed by atoms with Crippen molar-refractivity contribution in [3.05, 3.63) is 12.1 Å². The lowest BCUT2D eigenvalue weighted by molar-refractivity contribution is -0.114. The third-order valence-electron chi connectivity index (χ3n) is 4.67. The van der Waals surface area contributed by atoms with Crippen LogP contribution < -0.4 is 15.0 Å². The number of unbranched alkanes of at least 4 members (excludes halogenated alkanes) is 3. The van der Waals surface area contributed by atoms with Crippen LogP contribution in [0.15, 0.2) is 12.1 Å². The molecule has 142 valence electrons. The number of nitrogens with zero attached hydrogens (tertiary/aromatic N) is 2. The Kier molecular flexibility index (Phi) is 6.72. The quantitative estimate of drug-likeness (QED) is 0.644. The lowest BCUT2D eigenvalue weighted by atomic mass is 10.1. The van der Waals surface area contributed by atoms with Crippen molar-refractivity contribution in [3.63, 3.8) is 0 Å². The van der Waals surface area contributed by atoms with E-state index < -0.39 is 0 Å². The molecular formula is C20H29N3O2S. The van der Waals surface area contributed by atoms with Gasteiger partial charge in [0.25, 0.3) is 0 Å². The Labute approximate surface area is 159 Å². The normalized spacial score (nSPS) is 14.6. The molecule has 1 aliphatic rings. The number of piperidine rings is 1. The fraction of sp³-hybridized carbons (Fsp3) is 0.600. The maximum atomic E-state index is 11.6. The smallest absolute Gasteiger partial charge is 0.221 e. The van der Waals surface area contributed by atoms with Gasteiger partial charge in [0.1, 0.15) is 5.75 Å². The van der Waals surface area contributed by atoms with Gasteiger partial charge in [0.2, 0.25) is 5.91 Å². The van der Waals surface area contributed by atoms with Gasteiger partial charge in [-0.3, -0.25) is 4.79 Å². The Morgan fingerprint density at radius 3 is 2.77 bits per heavy atom. The van der Waals surface area contributed by atoms with Crippen LogP contribution in [0.4, 0.5) is 10.8 Å². The molecule has 1 amide bonds. The highest BCUT2D eigenvalue weighted by Gasteiger charge is 2.17. The third kappa shape index (κ3) is 4.87. The Balaban J connectivity index is 1.80. The molecule has 0 radical (unpaired) electrons. The average Bonchev–Trinajstić information content (AvgIpc) is 3.04. The van der Waals surface area contributed by atoms with E-state index in [0.717, 1.165) is 46.3 Å². The van der Waals surface area contributed by atoms with Crippen molar-refractivity contribution >= 4 is 38.3 Å². The van der Waals surface area contributed by atoms with Crippen molar-refractivity contribution in [1.29, 1.82) is 0 Å². The highest BCUT2D eigenvalue weighted by Crippen LogP contribution is 2.37. The summed E-state index contributed by atoms with van der Waals surface area (Å²) in [4.78, 5) is 18.8. The van der Waals surface area contributed by atoms with E-state index in [1.54, 1.807) is 11.3 Å². The second kappa shape index (κ2) is 9.21. The summed E-state index contributed by atoms with van der Waals surface area (Å²) in [5.74, 6) is 0.639. The lowest BCUT2D eigenvalue weighted by Gasteiger charge is -2.25. The molecule has 2 heterocycles. The van der Waals surface area contributed by atoms with E-state index in [0.29, 0.717) is 6.61 Å². The molecule has 1 N–H and O–H groups in total. The van der Waals surface area contributed by atoms with Crippen molar-refractivity contribution in [2.24, 2.45) is 0 Å².